The monoisotopic (exact) mass is 244 g/mol. The predicted octanol–water partition coefficient (Wildman–Crippen LogP) is 2.49. The number of carbonyl (C=O) groups excluding carboxylic acids is 1. The van der Waals surface area contributed by atoms with E-state index in [1.807, 2.05) is 41.5 Å². The Balaban J connectivity index is 5.12. The number of nitrogens with one attached hydrogen (secondary N) is 1. The molecule has 0 aromatic rings. The number of nitrogens with two attached hydrogens (primary N) is 1. The van der Waals surface area contributed by atoms with Gasteiger partial charge in [-0.05, 0) is 40.1 Å². The van der Waals surface area contributed by atoms with Crippen LogP contribution in [-0.4, -0.2) is 23.9 Å². The minimum atomic E-state index is -0.797. The molecule has 3 nitrogen and oxygen atoms in total. The second kappa shape index (κ2) is 6.50. The summed E-state index contributed by atoms with van der Waals surface area (Å²) < 4.78 is 16.2. The zero-order valence-corrected chi connectivity index (χ0v) is 12.1. The zero-order chi connectivity index (χ0) is 15.4. The second-order valence-electron chi connectivity index (χ2n) is 6.49. The lowest BCUT2D eigenvalue weighted by Gasteiger charge is -2.31. The average molecular weight is 244 g/mol. The van der Waals surface area contributed by atoms with Gasteiger partial charge < -0.3 is 11.1 Å². The van der Waals surface area contributed by atoms with Crippen molar-refractivity contribution in [3.63, 3.8) is 0 Å². The van der Waals surface area contributed by atoms with E-state index in [0.29, 0.717) is 13.0 Å². The molecule has 3 atom stereocenters. The van der Waals surface area contributed by atoms with Gasteiger partial charge in [0, 0.05) is 13.7 Å². The first-order valence-corrected chi connectivity index (χ1v) is 6.26. The molecule has 102 valence electrons. The van der Waals surface area contributed by atoms with Crippen LogP contribution in [0, 0.1) is 5.41 Å². The van der Waals surface area contributed by atoms with Crippen molar-refractivity contribution in [1.82, 2.24) is 5.32 Å². The summed E-state index contributed by atoms with van der Waals surface area (Å²) in [6.45, 7) is 11.8. The van der Waals surface area contributed by atoms with Gasteiger partial charge in [-0.15, -0.1) is 0 Å². The van der Waals surface area contributed by atoms with Crippen molar-refractivity contribution in [2.24, 2.45) is 11.1 Å². The third-order valence-electron chi connectivity index (χ3n) is 2.27. The van der Waals surface area contributed by atoms with Gasteiger partial charge in [0.15, 0.2) is 5.78 Å². The summed E-state index contributed by atoms with van der Waals surface area (Å²) in [6.07, 6.45) is -1.00. The van der Waals surface area contributed by atoms with Crippen LogP contribution >= 0.6 is 0 Å². The first kappa shape index (κ1) is 13.0. The van der Waals surface area contributed by atoms with Crippen molar-refractivity contribution >= 4 is 5.78 Å². The van der Waals surface area contributed by atoms with E-state index in [-0.39, 0.29) is 11.3 Å². The van der Waals surface area contributed by atoms with Crippen molar-refractivity contribution in [2.75, 3.05) is 6.54 Å². The van der Waals surface area contributed by atoms with E-state index >= 15 is 0 Å². The van der Waals surface area contributed by atoms with E-state index in [1.165, 1.54) is 0 Å². The SMILES string of the molecule is [2H][C@@H]([C@H](NC(C)(C)C)C(=O)C(C)(C)C)[C@@H]([2H])CCN. The third-order valence-corrected chi connectivity index (χ3v) is 2.27. The van der Waals surface area contributed by atoms with Crippen LogP contribution in [0.15, 0.2) is 0 Å². The van der Waals surface area contributed by atoms with Crippen LogP contribution in [0.25, 0.3) is 0 Å². The quantitative estimate of drug-likeness (QED) is 0.755. The first-order valence-electron chi connectivity index (χ1n) is 7.42. The van der Waals surface area contributed by atoms with Gasteiger partial charge in [-0.3, -0.25) is 4.79 Å². The number of hydrogen-bond donors (Lipinski definition) is 2. The van der Waals surface area contributed by atoms with Crippen molar-refractivity contribution < 1.29 is 7.54 Å². The highest BCUT2D eigenvalue weighted by molar-refractivity contribution is 5.88. The third kappa shape index (κ3) is 7.50. The molecule has 3 heteroatoms. The summed E-state index contributed by atoms with van der Waals surface area (Å²) in [5.41, 5.74) is 4.65. The van der Waals surface area contributed by atoms with Crippen LogP contribution in [0.4, 0.5) is 0 Å². The Morgan fingerprint density at radius 2 is 1.82 bits per heavy atom. The fourth-order valence-electron chi connectivity index (χ4n) is 1.46. The first-order chi connectivity index (χ1) is 8.40. The van der Waals surface area contributed by atoms with Crippen molar-refractivity contribution in [2.45, 2.75) is 72.3 Å². The van der Waals surface area contributed by atoms with Crippen molar-refractivity contribution in [3.8, 4) is 0 Å². The van der Waals surface area contributed by atoms with E-state index in [9.17, 15) is 4.79 Å². The molecule has 0 amide bonds. The summed E-state index contributed by atoms with van der Waals surface area (Å²) in [5.74, 6) is -0.0169. The summed E-state index contributed by atoms with van der Waals surface area (Å²) in [6, 6.07) is -0.631. The van der Waals surface area contributed by atoms with Gasteiger partial charge in [0.2, 0.25) is 0 Å². The van der Waals surface area contributed by atoms with Crippen LogP contribution in [0.5, 0.6) is 0 Å². The minimum Gasteiger partial charge on any atom is -0.330 e. The molecule has 17 heavy (non-hydrogen) atoms. The molecular weight excluding hydrogens is 212 g/mol. The fourth-order valence-corrected chi connectivity index (χ4v) is 1.46. The predicted molar refractivity (Wildman–Crippen MR) is 74.0 cm³/mol. The lowest BCUT2D eigenvalue weighted by Crippen LogP contribution is -2.50. The van der Waals surface area contributed by atoms with E-state index in [1.54, 1.807) is 0 Å². The maximum Gasteiger partial charge on any atom is 0.155 e. The van der Waals surface area contributed by atoms with E-state index in [0.717, 1.165) is 0 Å². The Morgan fingerprint density at radius 1 is 1.29 bits per heavy atom. The molecule has 0 spiro atoms. The zero-order valence-electron chi connectivity index (χ0n) is 14.1. The Hall–Kier alpha value is -0.410. The van der Waals surface area contributed by atoms with Gasteiger partial charge in [0.25, 0.3) is 0 Å². The van der Waals surface area contributed by atoms with E-state index in [2.05, 4.69) is 5.32 Å². The Morgan fingerprint density at radius 3 is 2.18 bits per heavy atom. The number of rotatable bonds is 6. The molecule has 0 saturated carbocycles. The molecule has 0 aliphatic heterocycles. The summed E-state index contributed by atoms with van der Waals surface area (Å²) >= 11 is 0. The Labute approximate surface area is 109 Å². The molecule has 0 aromatic heterocycles. The molecule has 0 aliphatic carbocycles. The molecule has 0 unspecified atom stereocenters. The van der Waals surface area contributed by atoms with Crippen LogP contribution in [0.2, 0.25) is 0 Å². The summed E-state index contributed by atoms with van der Waals surface area (Å²) in [7, 11) is 0. The van der Waals surface area contributed by atoms with Crippen molar-refractivity contribution in [3.05, 3.63) is 0 Å². The molecule has 0 radical (unpaired) electrons. The van der Waals surface area contributed by atoms with Crippen molar-refractivity contribution in [1.29, 1.82) is 0 Å². The van der Waals surface area contributed by atoms with E-state index in [4.69, 9.17) is 8.48 Å². The smallest absolute Gasteiger partial charge is 0.155 e. The topological polar surface area (TPSA) is 55.1 Å². The molecule has 0 heterocycles. The molecule has 0 fully saturated rings. The summed E-state index contributed by atoms with van der Waals surface area (Å²) in [4.78, 5) is 12.5. The highest BCUT2D eigenvalue weighted by atomic mass is 16.1. The van der Waals surface area contributed by atoms with Gasteiger partial charge >= 0.3 is 0 Å². The van der Waals surface area contributed by atoms with Crippen LogP contribution < -0.4 is 11.1 Å². The van der Waals surface area contributed by atoms with E-state index < -0.39 is 24.3 Å². The molecule has 0 aromatic carbocycles. The van der Waals surface area contributed by atoms with Gasteiger partial charge in [0.05, 0.1) is 6.04 Å². The van der Waals surface area contributed by atoms with Gasteiger partial charge in [0.1, 0.15) is 0 Å². The molecule has 3 N–H and O–H groups in total. The molecule has 0 bridgehead atoms. The molecule has 0 rings (SSSR count). The minimum absolute atomic E-state index is 0.0169. The average Bonchev–Trinajstić information content (AvgIpc) is 2.21. The highest BCUT2D eigenvalue weighted by Crippen LogP contribution is 2.20. The van der Waals surface area contributed by atoms with Crippen LogP contribution in [-0.2, 0) is 4.79 Å². The largest absolute Gasteiger partial charge is 0.330 e. The van der Waals surface area contributed by atoms with Gasteiger partial charge in [-0.2, -0.15) is 0 Å². The van der Waals surface area contributed by atoms with Crippen LogP contribution in [0.1, 0.15) is 63.5 Å². The number of Topliss-reactive ketones (excluding diaryl/α,β-unsaturated/α-hetero) is 1. The normalized spacial score (nSPS) is 20.2. The highest BCUT2D eigenvalue weighted by Gasteiger charge is 2.31. The Bertz CT molecular complexity index is 295. The van der Waals surface area contributed by atoms with Gasteiger partial charge in [-0.1, -0.05) is 27.2 Å². The lowest BCUT2D eigenvalue weighted by atomic mass is 9.84. The fraction of sp³-hybridized carbons (Fsp3) is 0.929. The summed E-state index contributed by atoms with van der Waals surface area (Å²) in [5, 5.41) is 3.20. The van der Waals surface area contributed by atoms with Crippen LogP contribution in [0.3, 0.4) is 0 Å². The standard InChI is InChI=1S/C14H30N2O/c1-13(2,3)12(17)11(9-7-8-10-15)16-14(4,5)6/h11,16H,7-10,15H2,1-6H3/t11-/m0/s1/i7D,9D/t7-,9+,11-. The number of carbonyl (C=O) groups is 1. The van der Waals surface area contributed by atoms with Gasteiger partial charge in [-0.25, -0.2) is 0 Å². The lowest BCUT2D eigenvalue weighted by molar-refractivity contribution is -0.129. The molecular formula is C14H30N2O. The maximum atomic E-state index is 12.5. The second-order valence-corrected chi connectivity index (χ2v) is 6.49. The molecule has 0 saturated heterocycles. The number of hydrogen-bond acceptors (Lipinski definition) is 3. The maximum absolute atomic E-state index is 12.5. The molecule has 0 aliphatic rings. The number of ketones is 1. The Kier molecular flexibility index (Phi) is 4.99.